The predicted octanol–water partition coefficient (Wildman–Crippen LogP) is 2.38. The highest BCUT2D eigenvalue weighted by Gasteiger charge is 2.48. The number of fused-ring (bicyclic) bond motifs is 2. The van der Waals surface area contributed by atoms with Crippen LogP contribution in [0.1, 0.15) is 45.4 Å². The summed E-state index contributed by atoms with van der Waals surface area (Å²) in [7, 11) is 0. The summed E-state index contributed by atoms with van der Waals surface area (Å²) in [5.41, 5.74) is 0.547. The third-order valence-electron chi connectivity index (χ3n) is 4.13. The molecule has 2 N–H and O–H groups in total. The highest BCUT2D eigenvalue weighted by molar-refractivity contribution is 5.64. The summed E-state index contributed by atoms with van der Waals surface area (Å²) in [6, 6.07) is 0. The van der Waals surface area contributed by atoms with E-state index >= 15 is 0 Å². The van der Waals surface area contributed by atoms with Crippen molar-refractivity contribution in [3.05, 3.63) is 0 Å². The summed E-state index contributed by atoms with van der Waals surface area (Å²) in [5, 5.41) is 10.8. The number of carbonyl (C=O) groups is 1. The Balaban J connectivity index is 1.78. The predicted molar refractivity (Wildman–Crippen MR) is 60.5 cm³/mol. The molecule has 0 aromatic heterocycles. The number of hydrogen-bond acceptors (Lipinski definition) is 2. The molecule has 2 fully saturated rings. The SMILES string of the molecule is CC12CCCC(OCCNC(=O)O)(CC1)C2. The van der Waals surface area contributed by atoms with Crippen LogP contribution in [0.2, 0.25) is 0 Å². The van der Waals surface area contributed by atoms with Crippen LogP contribution in [0.5, 0.6) is 0 Å². The molecule has 0 aromatic rings. The summed E-state index contributed by atoms with van der Waals surface area (Å²) in [6.07, 6.45) is 6.33. The van der Waals surface area contributed by atoms with Crippen molar-refractivity contribution in [3.8, 4) is 0 Å². The molecule has 0 aliphatic heterocycles. The molecule has 0 heterocycles. The van der Waals surface area contributed by atoms with Crippen LogP contribution in [0.15, 0.2) is 0 Å². The summed E-state index contributed by atoms with van der Waals surface area (Å²) in [5.74, 6) is 0. The van der Waals surface area contributed by atoms with Crippen LogP contribution in [0.3, 0.4) is 0 Å². The molecule has 2 atom stereocenters. The van der Waals surface area contributed by atoms with Crippen molar-refractivity contribution in [1.29, 1.82) is 0 Å². The van der Waals surface area contributed by atoms with Crippen molar-refractivity contribution in [2.75, 3.05) is 13.2 Å². The minimum Gasteiger partial charge on any atom is -0.465 e. The summed E-state index contributed by atoms with van der Waals surface area (Å²) >= 11 is 0. The first-order chi connectivity index (χ1) is 7.54. The van der Waals surface area contributed by atoms with Crippen molar-refractivity contribution >= 4 is 6.09 Å². The maximum absolute atomic E-state index is 10.3. The van der Waals surface area contributed by atoms with Crippen LogP contribution in [0.25, 0.3) is 0 Å². The Kier molecular flexibility index (Phi) is 3.10. The molecule has 0 aromatic carbocycles. The molecular formula is C12H21NO3. The third-order valence-corrected chi connectivity index (χ3v) is 4.13. The molecule has 16 heavy (non-hydrogen) atoms. The molecule has 2 aliphatic carbocycles. The van der Waals surface area contributed by atoms with Gasteiger partial charge < -0.3 is 15.2 Å². The second-order valence-electron chi connectivity index (χ2n) is 5.60. The second-order valence-corrected chi connectivity index (χ2v) is 5.60. The minimum absolute atomic E-state index is 0.0627. The zero-order chi connectivity index (χ0) is 11.6. The van der Waals surface area contributed by atoms with Crippen molar-refractivity contribution in [3.63, 3.8) is 0 Å². The standard InChI is InChI=1S/C12H21NO3/c1-11-3-2-4-12(9-11,6-5-11)16-8-7-13-10(14)15/h13H,2-9H2,1H3,(H,14,15). The van der Waals surface area contributed by atoms with Gasteiger partial charge in [-0.25, -0.2) is 4.79 Å². The van der Waals surface area contributed by atoms with Gasteiger partial charge in [0.05, 0.1) is 12.2 Å². The quantitative estimate of drug-likeness (QED) is 0.725. The van der Waals surface area contributed by atoms with Crippen molar-refractivity contribution in [2.24, 2.45) is 5.41 Å². The molecule has 2 rings (SSSR count). The Labute approximate surface area is 96.4 Å². The van der Waals surface area contributed by atoms with E-state index in [2.05, 4.69) is 12.2 Å². The first kappa shape index (κ1) is 11.7. The summed E-state index contributed by atoms with van der Waals surface area (Å²) < 4.78 is 5.95. The second kappa shape index (κ2) is 4.24. The Morgan fingerprint density at radius 2 is 2.19 bits per heavy atom. The van der Waals surface area contributed by atoms with E-state index in [0.717, 1.165) is 19.3 Å². The van der Waals surface area contributed by atoms with Gasteiger partial charge in [-0.2, -0.15) is 0 Å². The maximum atomic E-state index is 10.3. The van der Waals surface area contributed by atoms with Crippen LogP contribution >= 0.6 is 0 Å². The van der Waals surface area contributed by atoms with Crippen molar-refractivity contribution in [1.82, 2.24) is 5.32 Å². The Hall–Kier alpha value is -0.770. The van der Waals surface area contributed by atoms with E-state index < -0.39 is 6.09 Å². The topological polar surface area (TPSA) is 58.6 Å². The Morgan fingerprint density at radius 3 is 2.94 bits per heavy atom. The summed E-state index contributed by atoms with van der Waals surface area (Å²) in [6.45, 7) is 3.25. The van der Waals surface area contributed by atoms with Gasteiger partial charge in [-0.1, -0.05) is 13.3 Å². The molecule has 4 heteroatoms. The van der Waals surface area contributed by atoms with E-state index in [1.165, 1.54) is 19.3 Å². The number of carboxylic acid groups (broad SMARTS) is 1. The Morgan fingerprint density at radius 1 is 1.38 bits per heavy atom. The van der Waals surface area contributed by atoms with Crippen molar-refractivity contribution < 1.29 is 14.6 Å². The van der Waals surface area contributed by atoms with E-state index in [1.807, 2.05) is 0 Å². The zero-order valence-corrected chi connectivity index (χ0v) is 9.92. The van der Waals surface area contributed by atoms with E-state index in [4.69, 9.17) is 9.84 Å². The number of hydrogen-bond donors (Lipinski definition) is 2. The molecule has 2 saturated carbocycles. The van der Waals surface area contributed by atoms with E-state index in [1.54, 1.807) is 0 Å². The molecule has 2 bridgehead atoms. The average Bonchev–Trinajstić information content (AvgIpc) is 2.45. The molecule has 4 nitrogen and oxygen atoms in total. The number of rotatable bonds is 4. The lowest BCUT2D eigenvalue weighted by Gasteiger charge is -2.37. The fourth-order valence-electron chi connectivity index (χ4n) is 3.37. The first-order valence-electron chi connectivity index (χ1n) is 6.15. The van der Waals surface area contributed by atoms with Gasteiger partial charge in [-0.15, -0.1) is 0 Å². The highest BCUT2D eigenvalue weighted by Crippen LogP contribution is 2.54. The van der Waals surface area contributed by atoms with Crippen LogP contribution in [-0.4, -0.2) is 30.0 Å². The van der Waals surface area contributed by atoms with Crippen molar-refractivity contribution in [2.45, 2.75) is 51.0 Å². The van der Waals surface area contributed by atoms with Gasteiger partial charge in [-0.05, 0) is 37.5 Å². The smallest absolute Gasteiger partial charge is 0.404 e. The third kappa shape index (κ3) is 2.48. The number of amides is 1. The molecule has 2 unspecified atom stereocenters. The average molecular weight is 227 g/mol. The maximum Gasteiger partial charge on any atom is 0.404 e. The van der Waals surface area contributed by atoms with Gasteiger partial charge in [0, 0.05) is 6.54 Å². The molecular weight excluding hydrogens is 206 g/mol. The van der Waals surface area contributed by atoms with E-state index in [0.29, 0.717) is 18.6 Å². The molecule has 92 valence electrons. The van der Waals surface area contributed by atoms with Gasteiger partial charge in [0.1, 0.15) is 0 Å². The van der Waals surface area contributed by atoms with E-state index in [-0.39, 0.29) is 5.60 Å². The molecule has 1 amide bonds. The van der Waals surface area contributed by atoms with Gasteiger partial charge in [-0.3, -0.25) is 0 Å². The normalized spacial score (nSPS) is 37.3. The fourth-order valence-corrected chi connectivity index (χ4v) is 3.37. The summed E-state index contributed by atoms with van der Waals surface area (Å²) in [4.78, 5) is 10.3. The van der Waals surface area contributed by atoms with Gasteiger partial charge in [0.15, 0.2) is 0 Å². The van der Waals surface area contributed by atoms with Gasteiger partial charge in [0.25, 0.3) is 0 Å². The lowest BCUT2D eigenvalue weighted by molar-refractivity contribution is -0.0655. The molecule has 2 aliphatic rings. The fraction of sp³-hybridized carbons (Fsp3) is 0.917. The number of nitrogens with one attached hydrogen (secondary N) is 1. The van der Waals surface area contributed by atoms with Gasteiger partial charge >= 0.3 is 6.09 Å². The van der Waals surface area contributed by atoms with Gasteiger partial charge in [0.2, 0.25) is 0 Å². The van der Waals surface area contributed by atoms with Crippen LogP contribution < -0.4 is 5.32 Å². The lowest BCUT2D eigenvalue weighted by atomic mass is 9.76. The minimum atomic E-state index is -0.971. The number of ether oxygens (including phenoxy) is 1. The monoisotopic (exact) mass is 227 g/mol. The largest absolute Gasteiger partial charge is 0.465 e. The van der Waals surface area contributed by atoms with Crippen LogP contribution in [-0.2, 0) is 4.74 Å². The highest BCUT2D eigenvalue weighted by atomic mass is 16.5. The molecule has 0 saturated heterocycles. The first-order valence-corrected chi connectivity index (χ1v) is 6.15. The zero-order valence-electron chi connectivity index (χ0n) is 9.92. The molecule has 0 radical (unpaired) electrons. The Bertz CT molecular complexity index is 281. The lowest BCUT2D eigenvalue weighted by Crippen LogP contribution is -2.37. The van der Waals surface area contributed by atoms with E-state index in [9.17, 15) is 4.79 Å². The van der Waals surface area contributed by atoms with Crippen LogP contribution in [0, 0.1) is 5.41 Å². The van der Waals surface area contributed by atoms with Crippen LogP contribution in [0.4, 0.5) is 4.79 Å². The molecule has 0 spiro atoms.